The van der Waals surface area contributed by atoms with Gasteiger partial charge in [0.15, 0.2) is 0 Å². The summed E-state index contributed by atoms with van der Waals surface area (Å²) in [6.07, 6.45) is 7.45. The van der Waals surface area contributed by atoms with Crippen LogP contribution < -0.4 is 26.1 Å². The van der Waals surface area contributed by atoms with Crippen molar-refractivity contribution in [3.63, 3.8) is 0 Å². The Labute approximate surface area is 338 Å². The predicted octanol–water partition coefficient (Wildman–Crippen LogP) is 7.79. The SMILES string of the molecule is Cc1ccnc(-c2[c-]c(Oc3[c-]c4c(cc3)-c3ccc(Oc5[c-]c(-c6cc(C)ccn6)ccc5)[c-]c3B4c3ncc(C(C)(C)C)cn3)ccc2)c1.[Pd+2].[Pd+2]. The molecule has 0 fully saturated rings. The van der Waals surface area contributed by atoms with Gasteiger partial charge in [-0.05, 0) is 48.3 Å². The summed E-state index contributed by atoms with van der Waals surface area (Å²) in [6.45, 7) is 10.2. The number of aromatic nitrogens is 4. The van der Waals surface area contributed by atoms with E-state index in [1.54, 1.807) is 12.4 Å². The average Bonchev–Trinajstić information content (AvgIpc) is 3.44. The van der Waals surface area contributed by atoms with Crippen molar-refractivity contribution in [3.8, 4) is 56.6 Å². The van der Waals surface area contributed by atoms with Crippen LogP contribution in [0.4, 0.5) is 0 Å². The summed E-state index contributed by atoms with van der Waals surface area (Å²) in [5.74, 6) is 2.28. The Balaban J connectivity index is 0.00000240. The van der Waals surface area contributed by atoms with Gasteiger partial charge in [0.05, 0.1) is 5.72 Å². The van der Waals surface area contributed by atoms with Crippen LogP contribution in [0.5, 0.6) is 23.0 Å². The monoisotopic (exact) mass is 872 g/mol. The molecule has 0 saturated heterocycles. The van der Waals surface area contributed by atoms with Crippen LogP contribution in [0.2, 0.25) is 0 Å². The maximum atomic E-state index is 6.38. The number of nitrogens with zero attached hydrogens (tertiary/aromatic N) is 4. The average molecular weight is 873 g/mol. The molecule has 0 N–H and O–H groups in total. The Bertz CT molecular complexity index is 2270. The van der Waals surface area contributed by atoms with E-state index in [0.717, 1.165) is 61.3 Å². The van der Waals surface area contributed by atoms with E-state index in [9.17, 15) is 0 Å². The molecule has 7 aromatic rings. The molecule has 264 valence electrons. The second kappa shape index (κ2) is 15.7. The third-order valence-electron chi connectivity index (χ3n) is 8.92. The van der Waals surface area contributed by atoms with Gasteiger partial charge < -0.3 is 19.4 Å². The summed E-state index contributed by atoms with van der Waals surface area (Å²) in [4.78, 5) is 18.8. The van der Waals surface area contributed by atoms with E-state index < -0.39 is 0 Å². The summed E-state index contributed by atoms with van der Waals surface area (Å²) in [5, 5.41) is 0. The third kappa shape index (κ3) is 8.11. The van der Waals surface area contributed by atoms with E-state index in [0.29, 0.717) is 28.7 Å². The van der Waals surface area contributed by atoms with Gasteiger partial charge in [0.25, 0.3) is 0 Å². The van der Waals surface area contributed by atoms with Gasteiger partial charge in [0.2, 0.25) is 6.71 Å². The van der Waals surface area contributed by atoms with Gasteiger partial charge in [-0.25, -0.2) is 0 Å². The fourth-order valence-corrected chi connectivity index (χ4v) is 6.22. The molecule has 0 atom stereocenters. The Morgan fingerprint density at radius 3 is 1.43 bits per heavy atom. The van der Waals surface area contributed by atoms with Crippen molar-refractivity contribution in [2.45, 2.75) is 40.0 Å². The van der Waals surface area contributed by atoms with Gasteiger partial charge in [-0.15, -0.1) is 71.8 Å². The van der Waals surface area contributed by atoms with Crippen LogP contribution >= 0.6 is 0 Å². The molecular weight excluding hydrogens is 840 g/mol. The molecule has 0 spiro atoms. The van der Waals surface area contributed by atoms with E-state index in [1.807, 2.05) is 99.0 Å². The van der Waals surface area contributed by atoms with Crippen LogP contribution in [0.1, 0.15) is 37.5 Å². The summed E-state index contributed by atoms with van der Waals surface area (Å²) in [5.41, 5.74) is 11.2. The molecule has 0 saturated carbocycles. The molecule has 0 aliphatic carbocycles. The Morgan fingerprint density at radius 2 is 1.00 bits per heavy atom. The Hall–Kier alpha value is -4.75. The first-order chi connectivity index (χ1) is 24.7. The zero-order valence-electron chi connectivity index (χ0n) is 29.7. The zero-order valence-corrected chi connectivity index (χ0v) is 32.8. The van der Waals surface area contributed by atoms with Crippen molar-refractivity contribution in [2.75, 3.05) is 0 Å². The van der Waals surface area contributed by atoms with Crippen LogP contribution in [0.25, 0.3) is 33.6 Å². The minimum atomic E-state index is -0.338. The van der Waals surface area contributed by atoms with Gasteiger partial charge in [0.1, 0.15) is 0 Å². The van der Waals surface area contributed by atoms with Gasteiger partial charge in [-0.3, -0.25) is 9.97 Å². The summed E-state index contributed by atoms with van der Waals surface area (Å²) < 4.78 is 12.8. The smallest absolute Gasteiger partial charge is 0.503 e. The first-order valence-corrected chi connectivity index (χ1v) is 16.9. The molecule has 53 heavy (non-hydrogen) atoms. The van der Waals surface area contributed by atoms with Crippen LogP contribution in [0, 0.1) is 38.1 Å². The molecule has 1 aliphatic heterocycles. The maximum absolute atomic E-state index is 6.38. The van der Waals surface area contributed by atoms with Crippen LogP contribution in [-0.4, -0.2) is 26.6 Å². The molecular formula is C44H33BN4O2Pd2. The number of benzene rings is 4. The molecule has 0 bridgehead atoms. The molecule has 4 aromatic carbocycles. The molecule has 1 aliphatic rings. The van der Waals surface area contributed by atoms with Gasteiger partial charge in [-0.2, -0.15) is 34.2 Å². The minimum Gasteiger partial charge on any atom is -0.503 e. The van der Waals surface area contributed by atoms with E-state index in [2.05, 4.69) is 67.1 Å². The number of pyridine rings is 2. The normalized spacial score (nSPS) is 11.5. The van der Waals surface area contributed by atoms with E-state index in [1.165, 1.54) is 0 Å². The second-order valence-corrected chi connectivity index (χ2v) is 13.8. The number of ether oxygens (including phenoxy) is 2. The largest absolute Gasteiger partial charge is 2.00 e. The number of hydrogen-bond acceptors (Lipinski definition) is 6. The number of aryl methyl sites for hydroxylation is 2. The van der Waals surface area contributed by atoms with Crippen LogP contribution in [0.15, 0.2) is 110 Å². The first-order valence-electron chi connectivity index (χ1n) is 16.9. The topological polar surface area (TPSA) is 70.0 Å². The molecule has 0 amide bonds. The fraction of sp³-hybridized carbons (Fsp3) is 0.136. The van der Waals surface area contributed by atoms with Crippen LogP contribution in [0.3, 0.4) is 0 Å². The molecule has 0 unspecified atom stereocenters. The molecule has 0 radical (unpaired) electrons. The summed E-state index contributed by atoms with van der Waals surface area (Å²) >= 11 is 0. The first kappa shape index (κ1) is 38.0. The minimum absolute atomic E-state index is 0. The molecule has 3 aromatic heterocycles. The molecule has 9 heteroatoms. The second-order valence-electron chi connectivity index (χ2n) is 13.8. The Morgan fingerprint density at radius 1 is 0.547 bits per heavy atom. The van der Waals surface area contributed by atoms with Crippen molar-refractivity contribution >= 4 is 23.4 Å². The number of hydrogen-bond donors (Lipinski definition) is 0. The summed E-state index contributed by atoms with van der Waals surface area (Å²) in [7, 11) is 0. The van der Waals surface area contributed by atoms with E-state index >= 15 is 0 Å². The van der Waals surface area contributed by atoms with Crippen molar-refractivity contribution < 1.29 is 50.3 Å². The zero-order chi connectivity index (χ0) is 35.1. The van der Waals surface area contributed by atoms with Crippen molar-refractivity contribution in [3.05, 3.63) is 151 Å². The van der Waals surface area contributed by atoms with E-state index in [-0.39, 0.29) is 53.0 Å². The Kier molecular flexibility index (Phi) is 11.2. The molecule has 6 nitrogen and oxygen atoms in total. The van der Waals surface area contributed by atoms with Gasteiger partial charge >= 0.3 is 40.8 Å². The molecule has 8 rings (SSSR count). The van der Waals surface area contributed by atoms with Crippen LogP contribution in [-0.2, 0) is 46.3 Å². The summed E-state index contributed by atoms with van der Waals surface area (Å²) in [6, 6.07) is 41.5. The van der Waals surface area contributed by atoms with Crippen molar-refractivity contribution in [1.29, 1.82) is 0 Å². The quantitative estimate of drug-likeness (QED) is 0.120. The van der Waals surface area contributed by atoms with Crippen molar-refractivity contribution in [1.82, 2.24) is 19.9 Å². The third-order valence-corrected chi connectivity index (χ3v) is 8.92. The molecule has 4 heterocycles. The predicted molar refractivity (Wildman–Crippen MR) is 202 cm³/mol. The van der Waals surface area contributed by atoms with Crippen molar-refractivity contribution in [2.24, 2.45) is 0 Å². The number of fused-ring (bicyclic) bond motifs is 3. The maximum Gasteiger partial charge on any atom is 2.00 e. The standard InChI is InChI=1S/C44H33BN4O2.2Pd/c1-28-16-18-46-41(20-28)30-8-6-10-33(22-30)50-35-12-14-37-38-15-13-36(51-34-11-7-9-31(23-34)42-21-29(2)17-19-47-42)25-40(38)45(39(37)24-35)43-48-26-32(27-49-43)44(3,4)5;;/h6-21,26-27H,1-5H3;;/q-4;2*+2. The van der Waals surface area contributed by atoms with Gasteiger partial charge in [-0.1, -0.05) is 56.2 Å². The van der Waals surface area contributed by atoms with E-state index in [4.69, 9.17) is 19.4 Å². The fourth-order valence-electron chi connectivity index (χ4n) is 6.22. The van der Waals surface area contributed by atoms with Gasteiger partial charge in [0, 0.05) is 47.8 Å². The number of rotatable bonds is 7.